The number of benzene rings is 1. The monoisotopic (exact) mass is 524 g/mol. The third kappa shape index (κ3) is 8.88. The normalized spacial score (nSPS) is 18.1. The highest BCUT2D eigenvalue weighted by Crippen LogP contribution is 2.37. The highest BCUT2D eigenvalue weighted by molar-refractivity contribution is 5.70. The first-order valence-corrected chi connectivity index (χ1v) is 14.5. The molecule has 0 bridgehead atoms. The fourth-order valence-electron chi connectivity index (χ4n) is 5.57. The highest BCUT2D eigenvalue weighted by Gasteiger charge is 2.26. The molecule has 39 heavy (non-hydrogen) atoms. The lowest BCUT2D eigenvalue weighted by Crippen LogP contribution is -2.26. The van der Waals surface area contributed by atoms with Crippen LogP contribution in [0.2, 0.25) is 0 Å². The Kier molecular flexibility index (Phi) is 9.72. The molecule has 1 aromatic carbocycles. The molecule has 0 spiro atoms. The summed E-state index contributed by atoms with van der Waals surface area (Å²) in [6.07, 6.45) is 14.1. The number of esters is 1. The van der Waals surface area contributed by atoms with Crippen molar-refractivity contribution >= 4 is 5.97 Å². The van der Waals surface area contributed by atoms with Crippen molar-refractivity contribution in [1.29, 1.82) is 0 Å². The number of rotatable bonds is 9. The van der Waals surface area contributed by atoms with Crippen LogP contribution < -0.4 is 0 Å². The van der Waals surface area contributed by atoms with Crippen molar-refractivity contribution in [2.45, 2.75) is 97.5 Å². The van der Waals surface area contributed by atoms with E-state index in [1.165, 1.54) is 27.8 Å². The molecule has 0 saturated heterocycles. The number of aryl methyl sites for hydroxylation is 2. The van der Waals surface area contributed by atoms with Crippen LogP contribution in [0.15, 0.2) is 72.6 Å². The second-order valence-corrected chi connectivity index (χ2v) is 12.1. The molecular formula is C35H44N2O2. The SMILES string of the molecule is CC=C(CCc1ccc(C2CCC(CC(=O)OC(C)(C)C)CC2)cn1)Cc1ccc(-c2ccnc(C)c2)cc1. The fraction of sp³-hybridized carbons (Fsp3) is 0.457. The molecular weight excluding hydrogens is 480 g/mol. The lowest BCUT2D eigenvalue weighted by Gasteiger charge is -2.29. The Bertz CT molecular complexity index is 1250. The Hall–Kier alpha value is -3.27. The van der Waals surface area contributed by atoms with Gasteiger partial charge in [-0.15, -0.1) is 0 Å². The predicted octanol–water partition coefficient (Wildman–Crippen LogP) is 8.58. The lowest BCUT2D eigenvalue weighted by molar-refractivity contribution is -0.156. The first kappa shape index (κ1) is 28.7. The van der Waals surface area contributed by atoms with E-state index in [0.717, 1.165) is 56.3 Å². The summed E-state index contributed by atoms with van der Waals surface area (Å²) < 4.78 is 5.52. The number of aromatic nitrogens is 2. The van der Waals surface area contributed by atoms with Gasteiger partial charge in [0.1, 0.15) is 5.60 Å². The minimum atomic E-state index is -0.402. The van der Waals surface area contributed by atoms with Gasteiger partial charge in [0.2, 0.25) is 0 Å². The number of nitrogens with zero attached hydrogens (tertiary/aromatic N) is 2. The summed E-state index contributed by atoms with van der Waals surface area (Å²) in [5.41, 5.74) is 8.35. The Balaban J connectivity index is 1.23. The quantitative estimate of drug-likeness (QED) is 0.208. The maximum absolute atomic E-state index is 12.2. The molecule has 3 aromatic rings. The van der Waals surface area contributed by atoms with Crippen molar-refractivity contribution in [2.75, 3.05) is 0 Å². The zero-order valence-corrected chi connectivity index (χ0v) is 24.4. The molecule has 1 aliphatic rings. The topological polar surface area (TPSA) is 52.1 Å². The van der Waals surface area contributed by atoms with Gasteiger partial charge in [-0.1, -0.05) is 42.0 Å². The van der Waals surface area contributed by atoms with E-state index < -0.39 is 5.60 Å². The van der Waals surface area contributed by atoms with Crippen molar-refractivity contribution in [3.05, 3.63) is 95.1 Å². The molecule has 0 atom stereocenters. The summed E-state index contributed by atoms with van der Waals surface area (Å²) >= 11 is 0. The van der Waals surface area contributed by atoms with Crippen LogP contribution in [0.1, 0.15) is 94.7 Å². The molecule has 2 heterocycles. The minimum absolute atomic E-state index is 0.0606. The third-order valence-corrected chi connectivity index (χ3v) is 7.77. The number of allylic oxidation sites excluding steroid dienone is 2. The van der Waals surface area contributed by atoms with Gasteiger partial charge < -0.3 is 4.74 Å². The van der Waals surface area contributed by atoms with E-state index in [1.807, 2.05) is 33.9 Å². The zero-order chi connectivity index (χ0) is 27.8. The van der Waals surface area contributed by atoms with Gasteiger partial charge >= 0.3 is 5.97 Å². The van der Waals surface area contributed by atoms with Crippen molar-refractivity contribution in [1.82, 2.24) is 9.97 Å². The maximum atomic E-state index is 12.2. The molecule has 4 nitrogen and oxygen atoms in total. The number of carbonyl (C=O) groups excluding carboxylic acids is 1. The van der Waals surface area contributed by atoms with Gasteiger partial charge in [0.15, 0.2) is 0 Å². The third-order valence-electron chi connectivity index (χ3n) is 7.77. The van der Waals surface area contributed by atoms with Crippen LogP contribution in [0, 0.1) is 12.8 Å². The largest absolute Gasteiger partial charge is 0.460 e. The summed E-state index contributed by atoms with van der Waals surface area (Å²) in [6, 6.07) is 17.6. The molecule has 2 aromatic heterocycles. The van der Waals surface area contributed by atoms with Gasteiger partial charge in [0, 0.05) is 30.2 Å². The molecule has 0 unspecified atom stereocenters. The average Bonchev–Trinajstić information content (AvgIpc) is 2.91. The van der Waals surface area contributed by atoms with Crippen LogP contribution in [0.5, 0.6) is 0 Å². The summed E-state index contributed by atoms with van der Waals surface area (Å²) in [4.78, 5) is 21.3. The van der Waals surface area contributed by atoms with E-state index in [9.17, 15) is 4.79 Å². The highest BCUT2D eigenvalue weighted by atomic mass is 16.6. The standard InChI is InChI=1S/C35H44N2O2/c1-6-26(22-27-7-12-29(13-8-27)31-19-20-36-25(2)21-31)11-17-33-18-16-32(24-37-33)30-14-9-28(10-15-30)23-34(38)39-35(3,4)5/h6-8,12-13,16,18-21,24,28,30H,9-11,14-15,17,22-23H2,1-5H3. The summed E-state index contributed by atoms with van der Waals surface area (Å²) in [5.74, 6) is 0.930. The maximum Gasteiger partial charge on any atom is 0.306 e. The van der Waals surface area contributed by atoms with E-state index in [4.69, 9.17) is 9.72 Å². The van der Waals surface area contributed by atoms with E-state index in [0.29, 0.717) is 18.3 Å². The molecule has 0 aliphatic heterocycles. The van der Waals surface area contributed by atoms with Crippen LogP contribution in [0.4, 0.5) is 0 Å². The molecule has 1 saturated carbocycles. The van der Waals surface area contributed by atoms with Crippen LogP contribution in [0.25, 0.3) is 11.1 Å². The number of hydrogen-bond acceptors (Lipinski definition) is 4. The fourth-order valence-corrected chi connectivity index (χ4v) is 5.57. The smallest absolute Gasteiger partial charge is 0.306 e. The first-order chi connectivity index (χ1) is 18.7. The number of carbonyl (C=O) groups is 1. The van der Waals surface area contributed by atoms with Crippen LogP contribution >= 0.6 is 0 Å². The van der Waals surface area contributed by atoms with Gasteiger partial charge in [0.25, 0.3) is 0 Å². The van der Waals surface area contributed by atoms with Gasteiger partial charge in [-0.2, -0.15) is 0 Å². The number of ether oxygens (including phenoxy) is 1. The van der Waals surface area contributed by atoms with Crippen molar-refractivity contribution in [3.63, 3.8) is 0 Å². The van der Waals surface area contributed by atoms with Crippen LogP contribution in [0.3, 0.4) is 0 Å². The Morgan fingerprint density at radius 1 is 0.974 bits per heavy atom. The van der Waals surface area contributed by atoms with Gasteiger partial charge in [0.05, 0.1) is 0 Å². The van der Waals surface area contributed by atoms with E-state index in [1.54, 1.807) is 0 Å². The second kappa shape index (κ2) is 13.2. The molecule has 0 N–H and O–H groups in total. The van der Waals surface area contributed by atoms with Crippen LogP contribution in [-0.4, -0.2) is 21.5 Å². The second-order valence-electron chi connectivity index (χ2n) is 12.1. The van der Waals surface area contributed by atoms with Gasteiger partial charge in [-0.25, -0.2) is 0 Å². The van der Waals surface area contributed by atoms with Gasteiger partial charge in [-0.3, -0.25) is 14.8 Å². The molecule has 0 amide bonds. The first-order valence-electron chi connectivity index (χ1n) is 14.5. The molecule has 0 radical (unpaired) electrons. The van der Waals surface area contributed by atoms with Gasteiger partial charge in [-0.05, 0) is 132 Å². The molecule has 4 rings (SSSR count). The minimum Gasteiger partial charge on any atom is -0.460 e. The van der Waals surface area contributed by atoms with Crippen molar-refractivity contribution in [3.8, 4) is 11.1 Å². The predicted molar refractivity (Wildman–Crippen MR) is 160 cm³/mol. The number of hydrogen-bond donors (Lipinski definition) is 0. The molecule has 1 fully saturated rings. The van der Waals surface area contributed by atoms with Crippen molar-refractivity contribution in [2.24, 2.45) is 5.92 Å². The average molecular weight is 525 g/mol. The molecule has 1 aliphatic carbocycles. The van der Waals surface area contributed by atoms with Crippen molar-refractivity contribution < 1.29 is 9.53 Å². The van der Waals surface area contributed by atoms with E-state index >= 15 is 0 Å². The van der Waals surface area contributed by atoms with E-state index in [-0.39, 0.29) is 5.97 Å². The Labute approximate surface area is 234 Å². The Morgan fingerprint density at radius 2 is 1.72 bits per heavy atom. The molecule has 4 heteroatoms. The zero-order valence-electron chi connectivity index (χ0n) is 24.4. The van der Waals surface area contributed by atoms with Crippen LogP contribution in [-0.2, 0) is 22.4 Å². The summed E-state index contributed by atoms with van der Waals surface area (Å²) in [7, 11) is 0. The lowest BCUT2D eigenvalue weighted by atomic mass is 9.78. The summed E-state index contributed by atoms with van der Waals surface area (Å²) in [5, 5.41) is 0. The summed E-state index contributed by atoms with van der Waals surface area (Å²) in [6.45, 7) is 9.96. The van der Waals surface area contributed by atoms with E-state index in [2.05, 4.69) is 72.7 Å². The molecule has 206 valence electrons. The number of pyridine rings is 2. The Morgan fingerprint density at radius 3 is 2.33 bits per heavy atom.